The van der Waals surface area contributed by atoms with Crippen molar-refractivity contribution < 1.29 is 62.5 Å². The van der Waals surface area contributed by atoms with Gasteiger partial charge in [-0.15, -0.1) is 23.2 Å². The van der Waals surface area contributed by atoms with Crippen LogP contribution in [0.25, 0.3) is 0 Å². The fourth-order valence-corrected chi connectivity index (χ4v) is 10.7. The Morgan fingerprint density at radius 3 is 1.39 bits per heavy atom. The van der Waals surface area contributed by atoms with Crippen molar-refractivity contribution in [3.05, 3.63) is 131 Å². The maximum Gasteiger partial charge on any atom is 0.411 e. The highest BCUT2D eigenvalue weighted by atomic mass is 127. The first kappa shape index (κ1) is 78.8. The van der Waals surface area contributed by atoms with Crippen molar-refractivity contribution in [2.45, 2.75) is 137 Å². The molecule has 2 atom stereocenters. The van der Waals surface area contributed by atoms with E-state index in [1.165, 1.54) is 44.5 Å². The third-order valence-electron chi connectivity index (χ3n) is 11.8. The Kier molecular flexibility index (Phi) is 37.1. The summed E-state index contributed by atoms with van der Waals surface area (Å²) < 4.78 is 21.8. The van der Waals surface area contributed by atoms with Crippen LogP contribution in [0, 0.1) is 7.14 Å². The molecule has 0 radical (unpaired) electrons. The largest absolute Gasteiger partial charge is 0.478 e. The highest BCUT2D eigenvalue weighted by Crippen LogP contribution is 2.26. The molecular weight excluding hydrogens is 1610 g/mol. The van der Waals surface area contributed by atoms with Crippen LogP contribution in [0.3, 0.4) is 0 Å². The van der Waals surface area contributed by atoms with Crippen molar-refractivity contribution in [1.82, 2.24) is 14.9 Å². The number of hydrogen-bond acceptors (Lipinski definition) is 12. The molecule has 0 aromatic heterocycles. The van der Waals surface area contributed by atoms with Gasteiger partial charge in [0.15, 0.2) is 24.0 Å². The first-order valence-electron chi connectivity index (χ1n) is 26.5. The molecular formula is C60H75Br4Cl2I2N3O13. The van der Waals surface area contributed by atoms with E-state index in [9.17, 15) is 38.4 Å². The molecule has 464 valence electrons. The van der Waals surface area contributed by atoms with Crippen LogP contribution in [0.1, 0.15) is 143 Å². The van der Waals surface area contributed by atoms with Crippen LogP contribution in [0.15, 0.2) is 90.7 Å². The van der Waals surface area contributed by atoms with Crippen LogP contribution in [0.2, 0.25) is 0 Å². The predicted octanol–water partition coefficient (Wildman–Crippen LogP) is 16.2. The maximum absolute atomic E-state index is 12.4. The predicted molar refractivity (Wildman–Crippen MR) is 361 cm³/mol. The van der Waals surface area contributed by atoms with Crippen molar-refractivity contribution in [2.75, 3.05) is 45.6 Å². The molecule has 0 bridgehead atoms. The van der Waals surface area contributed by atoms with E-state index in [0.717, 1.165) is 60.8 Å². The summed E-state index contributed by atoms with van der Waals surface area (Å²) >= 11 is 28.5. The van der Waals surface area contributed by atoms with Gasteiger partial charge in [-0.05, 0) is 232 Å². The Morgan fingerprint density at radius 1 is 0.619 bits per heavy atom. The summed E-state index contributed by atoms with van der Waals surface area (Å²) in [6.07, 6.45) is 4.71. The second-order valence-corrected chi connectivity index (χ2v) is 26.9. The van der Waals surface area contributed by atoms with Gasteiger partial charge in [-0.1, -0.05) is 80.7 Å². The van der Waals surface area contributed by atoms with Gasteiger partial charge in [0, 0.05) is 56.3 Å². The van der Waals surface area contributed by atoms with Gasteiger partial charge in [0.1, 0.15) is 23.1 Å². The molecule has 0 unspecified atom stereocenters. The molecule has 6 rings (SSSR count). The van der Waals surface area contributed by atoms with Crippen molar-refractivity contribution in [2.24, 2.45) is 0 Å². The number of amides is 3. The molecule has 1 N–H and O–H groups in total. The summed E-state index contributed by atoms with van der Waals surface area (Å²) in [4.78, 5) is 99.6. The highest BCUT2D eigenvalue weighted by molar-refractivity contribution is 14.1. The number of ketones is 3. The zero-order valence-corrected chi connectivity index (χ0v) is 61.5. The molecule has 3 amide bonds. The summed E-state index contributed by atoms with van der Waals surface area (Å²) in [7, 11) is 2.91. The number of hydroxylamine groups is 2. The molecule has 0 aliphatic carbocycles. The van der Waals surface area contributed by atoms with Crippen LogP contribution in [0.4, 0.5) is 9.59 Å². The van der Waals surface area contributed by atoms with Gasteiger partial charge in [0.25, 0.3) is 5.91 Å². The smallest absolute Gasteiger partial charge is 0.411 e. The Hall–Kier alpha value is -3.24. The molecule has 2 saturated heterocycles. The lowest BCUT2D eigenvalue weighted by atomic mass is 10.1. The number of aryl methyl sites for hydroxylation is 3. The number of carboxylic acids is 1. The number of alkyl halides is 2. The Balaban J connectivity index is 0.000000533. The van der Waals surface area contributed by atoms with Crippen LogP contribution < -0.4 is 0 Å². The molecule has 0 saturated carbocycles. The monoisotopic (exact) mass is 1680 g/mol. The summed E-state index contributed by atoms with van der Waals surface area (Å²) in [5.41, 5.74) is 3.89. The quantitative estimate of drug-likeness (QED) is 0.0331. The Bertz CT molecular complexity index is 2870. The number of carboxylic acid groups (broad SMARTS) is 1. The van der Waals surface area contributed by atoms with Crippen LogP contribution in [-0.4, -0.2) is 136 Å². The standard InChI is InChI=1S/C20H26BrNO5.C11H19NO3.C10H10BrClO.C8H8BrI.C7H4BrIO2.C4H8ClNO2/c1-5-13-11-14(8-9-15(13)21)17(23)12-26-18(24)16-7-6-10-22(16)19(25)27-20(2,3)4;1-8(13)9-6-5-7-12(9)10(14)15-11(2,3)4;1-2-7-5-8(10(13)6-12)3-4-9(7)11;1-2-6-5-7(10)3-4-8(6)9;8-6-2-1-4(9)3-5(6)7(10)11;1-6(8-2)4(7)3-5/h8-9,11,16H,5-7,10,12H2,1-4H3;9H,5-7H2,1-4H3;3-5H,2,6H2,1H3;3-5H,2H2,1H3;1-3H,(H,10,11);3H2,1-2H3/t16-;9-;;;;/m00..../s1. The number of benzene rings is 4. The van der Waals surface area contributed by atoms with Gasteiger partial charge < -0.3 is 19.3 Å². The van der Waals surface area contributed by atoms with E-state index >= 15 is 0 Å². The third kappa shape index (κ3) is 29.2. The topological polar surface area (TPSA) is 203 Å². The zero-order chi connectivity index (χ0) is 64.2. The van der Waals surface area contributed by atoms with E-state index in [1.54, 1.807) is 51.1 Å². The Labute approximate surface area is 565 Å². The lowest BCUT2D eigenvalue weighted by molar-refractivity contribution is -0.165. The molecule has 4 aromatic rings. The second-order valence-electron chi connectivity index (χ2n) is 20.4. The molecule has 0 spiro atoms. The van der Waals surface area contributed by atoms with E-state index < -0.39 is 35.3 Å². The summed E-state index contributed by atoms with van der Waals surface area (Å²) in [5, 5.41) is 9.73. The summed E-state index contributed by atoms with van der Waals surface area (Å²) in [6.45, 7) is 19.2. The van der Waals surface area contributed by atoms with Crippen molar-refractivity contribution in [3.8, 4) is 0 Å². The van der Waals surface area contributed by atoms with Crippen LogP contribution >= 0.6 is 132 Å². The number of hydrogen-bond donors (Lipinski definition) is 1. The number of aromatic carboxylic acids is 1. The number of carbonyl (C=O) groups excluding carboxylic acids is 7. The number of carbonyl (C=O) groups is 8. The number of rotatable bonds is 13. The molecule has 2 aliphatic heterocycles. The molecule has 4 aromatic carbocycles. The van der Waals surface area contributed by atoms with E-state index in [-0.39, 0.29) is 53.8 Å². The second kappa shape index (κ2) is 39.6. The molecule has 84 heavy (non-hydrogen) atoms. The number of Topliss-reactive ketones (excluding diaryl/α,β-unsaturated/α-hetero) is 3. The summed E-state index contributed by atoms with van der Waals surface area (Å²) in [5.74, 6) is -1.96. The minimum atomic E-state index is -0.907. The molecule has 16 nitrogen and oxygen atoms in total. The minimum absolute atomic E-state index is 0.0242. The van der Waals surface area contributed by atoms with Crippen LogP contribution in [0.5, 0.6) is 0 Å². The van der Waals surface area contributed by atoms with E-state index in [2.05, 4.69) is 146 Å². The fourth-order valence-electron chi connectivity index (χ4n) is 7.37. The molecule has 2 aliphatic rings. The van der Waals surface area contributed by atoms with Gasteiger partial charge in [-0.2, -0.15) is 0 Å². The number of ether oxygens (including phenoxy) is 3. The van der Waals surface area contributed by atoms with E-state index in [4.69, 9.17) is 42.5 Å². The molecule has 2 heterocycles. The first-order chi connectivity index (χ1) is 39.2. The van der Waals surface area contributed by atoms with Gasteiger partial charge in [-0.25, -0.2) is 24.2 Å². The van der Waals surface area contributed by atoms with Gasteiger partial charge >= 0.3 is 24.1 Å². The fraction of sp³-hybridized carbons (Fsp3) is 0.467. The van der Waals surface area contributed by atoms with Gasteiger partial charge in [-0.3, -0.25) is 33.8 Å². The van der Waals surface area contributed by atoms with Crippen molar-refractivity contribution in [3.63, 3.8) is 0 Å². The normalized spacial score (nSPS) is 14.1. The van der Waals surface area contributed by atoms with Gasteiger partial charge in [0.2, 0.25) is 0 Å². The number of esters is 1. The van der Waals surface area contributed by atoms with E-state index in [0.29, 0.717) is 47.1 Å². The van der Waals surface area contributed by atoms with E-state index in [1.807, 2.05) is 52.0 Å². The van der Waals surface area contributed by atoms with Crippen molar-refractivity contribution >= 4 is 179 Å². The minimum Gasteiger partial charge on any atom is -0.478 e. The number of halogens is 8. The lowest BCUT2D eigenvalue weighted by Crippen LogP contribution is -2.44. The molecule has 24 heteroatoms. The number of likely N-dealkylation sites (tertiary alicyclic amines) is 2. The zero-order valence-electron chi connectivity index (χ0n) is 49.3. The maximum atomic E-state index is 12.4. The lowest BCUT2D eigenvalue weighted by Gasteiger charge is -2.27. The number of nitrogens with zero attached hydrogens (tertiary/aromatic N) is 3. The third-order valence-corrected chi connectivity index (χ3v) is 16.6. The highest BCUT2D eigenvalue weighted by Gasteiger charge is 2.38. The average molecular weight is 1690 g/mol. The molecule has 2 fully saturated rings. The van der Waals surface area contributed by atoms with Crippen molar-refractivity contribution in [1.29, 1.82) is 0 Å². The first-order valence-corrected chi connectivity index (χ1v) is 32.9. The SMILES string of the molecule is CC(=O)[C@@H]1CCCN1C(=O)OC(C)(C)C.CCc1cc(C(=O)CCl)ccc1Br.CCc1cc(C(=O)COC(=O)[C@@H]2CCCN2C(=O)OC(C)(C)C)ccc1Br.CCc1cc(I)ccc1Br.CON(C)C(=O)CCl.O=C(O)c1cc(I)ccc1Br. The van der Waals surface area contributed by atoms with Crippen LogP contribution in [-0.2, 0) is 52.7 Å². The summed E-state index contributed by atoms with van der Waals surface area (Å²) in [6, 6.07) is 21.5. The Morgan fingerprint density at radius 2 is 1.02 bits per heavy atom. The van der Waals surface area contributed by atoms with Gasteiger partial charge in [0.05, 0.1) is 24.6 Å². The average Bonchev–Trinajstić information content (AvgIpc) is 4.36.